The Kier molecular flexibility index (Phi) is 5.98. The summed E-state index contributed by atoms with van der Waals surface area (Å²) in [5, 5.41) is 3.39. The van der Waals surface area contributed by atoms with E-state index in [9.17, 15) is 4.79 Å². The van der Waals surface area contributed by atoms with Crippen LogP contribution in [0.2, 0.25) is 0 Å². The minimum atomic E-state index is -0.104. The molecule has 0 radical (unpaired) electrons. The lowest BCUT2D eigenvalue weighted by molar-refractivity contribution is -0.134. The van der Waals surface area contributed by atoms with Gasteiger partial charge in [-0.2, -0.15) is 0 Å². The number of anilines is 2. The molecule has 0 aliphatic carbocycles. The molecule has 0 bridgehead atoms. The van der Waals surface area contributed by atoms with Crippen LogP contribution in [0.1, 0.15) is 51.9 Å². The highest BCUT2D eigenvalue weighted by molar-refractivity contribution is 5.77. The maximum Gasteiger partial charge on any atom is 0.223 e. The molecule has 1 saturated heterocycles. The van der Waals surface area contributed by atoms with Gasteiger partial charge in [0.05, 0.1) is 11.7 Å². The van der Waals surface area contributed by atoms with Crippen molar-refractivity contribution in [2.24, 2.45) is 5.41 Å². The summed E-state index contributed by atoms with van der Waals surface area (Å²) in [6.45, 7) is 7.04. The third kappa shape index (κ3) is 5.26. The lowest BCUT2D eigenvalue weighted by Gasteiger charge is -2.28. The van der Waals surface area contributed by atoms with Gasteiger partial charge in [0.2, 0.25) is 5.91 Å². The van der Waals surface area contributed by atoms with Gasteiger partial charge >= 0.3 is 0 Å². The second kappa shape index (κ2) is 8.84. The molecule has 2 aromatic heterocycles. The molecule has 6 nitrogen and oxygen atoms in total. The third-order valence-corrected chi connectivity index (χ3v) is 5.32. The average molecular weight is 416 g/mol. The molecular formula is C25H29N5O. The maximum atomic E-state index is 13.0. The van der Waals surface area contributed by atoms with Gasteiger partial charge in [-0.3, -0.25) is 9.78 Å². The summed E-state index contributed by atoms with van der Waals surface area (Å²) >= 11 is 0. The second-order valence-electron chi connectivity index (χ2n) is 9.21. The van der Waals surface area contributed by atoms with Crippen molar-refractivity contribution in [3.63, 3.8) is 0 Å². The molecule has 1 aliphatic heterocycles. The molecule has 1 aromatic carbocycles. The van der Waals surface area contributed by atoms with Crippen molar-refractivity contribution in [1.82, 2.24) is 19.9 Å². The summed E-state index contributed by atoms with van der Waals surface area (Å²) in [5.74, 6) is 1.58. The van der Waals surface area contributed by atoms with E-state index in [1.165, 1.54) is 0 Å². The molecule has 3 aromatic rings. The van der Waals surface area contributed by atoms with Crippen LogP contribution in [0.25, 0.3) is 11.3 Å². The SMILES string of the molecule is CC(C)(C)CC(=O)N1CCC[C@H]1c1nc(Nc2ccccc2)cc(-c2ccncc2)n1. The first-order chi connectivity index (χ1) is 14.9. The minimum absolute atomic E-state index is 0.0516. The summed E-state index contributed by atoms with van der Waals surface area (Å²) in [4.78, 5) is 28.8. The van der Waals surface area contributed by atoms with Gasteiger partial charge in [0.25, 0.3) is 0 Å². The Morgan fingerprint density at radius 2 is 1.84 bits per heavy atom. The van der Waals surface area contributed by atoms with Crippen LogP contribution in [0.4, 0.5) is 11.5 Å². The van der Waals surface area contributed by atoms with Crippen LogP contribution in [0, 0.1) is 5.41 Å². The van der Waals surface area contributed by atoms with Gasteiger partial charge in [-0.1, -0.05) is 39.0 Å². The summed E-state index contributed by atoms with van der Waals surface area (Å²) in [5.41, 5.74) is 2.70. The van der Waals surface area contributed by atoms with Crippen LogP contribution in [0.15, 0.2) is 60.9 Å². The number of para-hydroxylation sites is 1. The van der Waals surface area contributed by atoms with Crippen LogP contribution in [-0.2, 0) is 4.79 Å². The molecule has 1 amide bonds. The van der Waals surface area contributed by atoms with Crippen molar-refractivity contribution in [3.05, 3.63) is 66.7 Å². The van der Waals surface area contributed by atoms with Crippen molar-refractivity contribution >= 4 is 17.4 Å². The number of nitrogens with one attached hydrogen (secondary N) is 1. The number of carbonyl (C=O) groups is 1. The number of aromatic nitrogens is 3. The minimum Gasteiger partial charge on any atom is -0.340 e. The molecule has 3 heterocycles. The standard InChI is InChI=1S/C25H29N5O/c1-25(2,3)17-23(31)30-15-7-10-21(30)24-28-20(18-11-13-26-14-12-18)16-22(29-24)27-19-8-5-4-6-9-19/h4-6,8-9,11-14,16,21H,7,10,15,17H2,1-3H3,(H,27,28,29)/t21-/m0/s1. The molecule has 4 rings (SSSR count). The number of carbonyl (C=O) groups excluding carboxylic acids is 1. The molecule has 0 spiro atoms. The number of likely N-dealkylation sites (tertiary alicyclic amines) is 1. The lowest BCUT2D eigenvalue weighted by Crippen LogP contribution is -2.34. The highest BCUT2D eigenvalue weighted by Gasteiger charge is 2.34. The fraction of sp³-hybridized carbons (Fsp3) is 0.360. The molecule has 160 valence electrons. The van der Waals surface area contributed by atoms with Crippen LogP contribution in [0.5, 0.6) is 0 Å². The number of hydrogen-bond acceptors (Lipinski definition) is 5. The van der Waals surface area contributed by atoms with Crippen molar-refractivity contribution in [2.45, 2.75) is 46.1 Å². The Bertz CT molecular complexity index is 1030. The predicted molar refractivity (Wildman–Crippen MR) is 123 cm³/mol. The highest BCUT2D eigenvalue weighted by Crippen LogP contribution is 2.34. The van der Waals surface area contributed by atoms with Crippen LogP contribution in [-0.4, -0.2) is 32.3 Å². The molecule has 0 unspecified atom stereocenters. The van der Waals surface area contributed by atoms with Gasteiger partial charge in [0.15, 0.2) is 5.82 Å². The first-order valence-electron chi connectivity index (χ1n) is 10.8. The third-order valence-electron chi connectivity index (χ3n) is 5.32. The lowest BCUT2D eigenvalue weighted by atomic mass is 9.91. The van der Waals surface area contributed by atoms with Gasteiger partial charge in [0, 0.05) is 42.7 Å². The first kappa shape index (κ1) is 21.0. The molecular weight excluding hydrogens is 386 g/mol. The summed E-state index contributed by atoms with van der Waals surface area (Å²) < 4.78 is 0. The van der Waals surface area contributed by atoms with Crippen molar-refractivity contribution < 1.29 is 4.79 Å². The predicted octanol–water partition coefficient (Wildman–Crippen LogP) is 5.38. The van der Waals surface area contributed by atoms with E-state index in [-0.39, 0.29) is 17.4 Å². The van der Waals surface area contributed by atoms with E-state index >= 15 is 0 Å². The largest absolute Gasteiger partial charge is 0.340 e. The zero-order valence-electron chi connectivity index (χ0n) is 18.4. The van der Waals surface area contributed by atoms with Crippen molar-refractivity contribution in [3.8, 4) is 11.3 Å². The molecule has 31 heavy (non-hydrogen) atoms. The quantitative estimate of drug-likeness (QED) is 0.606. The zero-order valence-corrected chi connectivity index (χ0v) is 18.4. The topological polar surface area (TPSA) is 71.0 Å². The average Bonchev–Trinajstić information content (AvgIpc) is 3.24. The molecule has 6 heteroatoms. The van der Waals surface area contributed by atoms with E-state index in [0.29, 0.717) is 12.2 Å². The summed E-state index contributed by atoms with van der Waals surface area (Å²) in [7, 11) is 0. The Hall–Kier alpha value is -3.28. The Morgan fingerprint density at radius 3 is 2.55 bits per heavy atom. The first-order valence-corrected chi connectivity index (χ1v) is 10.8. The van der Waals surface area contributed by atoms with E-state index in [2.05, 4.69) is 31.1 Å². The second-order valence-corrected chi connectivity index (χ2v) is 9.21. The van der Waals surface area contributed by atoms with Gasteiger partial charge in [-0.25, -0.2) is 9.97 Å². The van der Waals surface area contributed by atoms with Gasteiger partial charge in [-0.05, 0) is 42.5 Å². The van der Waals surface area contributed by atoms with E-state index in [0.717, 1.165) is 42.1 Å². The highest BCUT2D eigenvalue weighted by atomic mass is 16.2. The maximum absolute atomic E-state index is 13.0. The number of nitrogens with zero attached hydrogens (tertiary/aromatic N) is 4. The van der Waals surface area contributed by atoms with Gasteiger partial charge in [0.1, 0.15) is 5.82 Å². The number of rotatable bonds is 5. The molecule has 1 atom stereocenters. The molecule has 1 N–H and O–H groups in total. The van der Waals surface area contributed by atoms with Crippen LogP contribution in [0.3, 0.4) is 0 Å². The monoisotopic (exact) mass is 415 g/mol. The number of amides is 1. The zero-order chi connectivity index (χ0) is 21.8. The van der Waals surface area contributed by atoms with Crippen LogP contribution < -0.4 is 5.32 Å². The number of benzene rings is 1. The van der Waals surface area contributed by atoms with E-state index in [4.69, 9.17) is 9.97 Å². The van der Waals surface area contributed by atoms with Crippen molar-refractivity contribution in [1.29, 1.82) is 0 Å². The number of pyridine rings is 1. The van der Waals surface area contributed by atoms with Crippen molar-refractivity contribution in [2.75, 3.05) is 11.9 Å². The van der Waals surface area contributed by atoms with Gasteiger partial charge in [-0.15, -0.1) is 0 Å². The normalized spacial score (nSPS) is 16.4. The number of hydrogen-bond donors (Lipinski definition) is 1. The molecule has 0 saturated carbocycles. The molecule has 1 aliphatic rings. The van der Waals surface area contributed by atoms with Gasteiger partial charge < -0.3 is 10.2 Å². The summed E-state index contributed by atoms with van der Waals surface area (Å²) in [6, 6.07) is 15.7. The van der Waals surface area contributed by atoms with E-state index < -0.39 is 0 Å². The fourth-order valence-electron chi connectivity index (χ4n) is 3.91. The Balaban J connectivity index is 1.70. The summed E-state index contributed by atoms with van der Waals surface area (Å²) in [6.07, 6.45) is 5.88. The Labute approximate surface area is 183 Å². The smallest absolute Gasteiger partial charge is 0.223 e. The molecule has 1 fully saturated rings. The van der Waals surface area contributed by atoms with Crippen LogP contribution >= 0.6 is 0 Å². The van der Waals surface area contributed by atoms with E-state index in [1.54, 1.807) is 12.4 Å². The fourth-order valence-corrected chi connectivity index (χ4v) is 3.91. The van der Waals surface area contributed by atoms with E-state index in [1.807, 2.05) is 53.4 Å². The Morgan fingerprint density at radius 1 is 1.10 bits per heavy atom.